The molecule has 1 aliphatic heterocycles. The van der Waals surface area contributed by atoms with Crippen LogP contribution >= 0.6 is 0 Å². The fraction of sp³-hybridized carbons (Fsp3) is 0.350. The quantitative estimate of drug-likeness (QED) is 0.870. The first-order chi connectivity index (χ1) is 12.2. The fourth-order valence-corrected chi connectivity index (χ4v) is 3.35. The number of likely N-dealkylation sites (tertiary alicyclic amines) is 1. The maximum absolute atomic E-state index is 12.7. The largest absolute Gasteiger partial charge is 0.495 e. The van der Waals surface area contributed by atoms with Crippen molar-refractivity contribution in [1.29, 1.82) is 0 Å². The number of hydrogen-bond acceptors (Lipinski definition) is 3. The number of anilines is 1. The van der Waals surface area contributed by atoms with Gasteiger partial charge in [0, 0.05) is 12.6 Å². The minimum atomic E-state index is -0.564. The van der Waals surface area contributed by atoms with E-state index in [1.807, 2.05) is 59.5 Å². The monoisotopic (exact) mass is 340 g/mol. The third-order valence-corrected chi connectivity index (χ3v) is 4.67. The molecule has 2 N–H and O–H groups in total. The highest BCUT2D eigenvalue weighted by atomic mass is 16.5. The summed E-state index contributed by atoms with van der Waals surface area (Å²) in [5.74, 6) is 0.635. The van der Waals surface area contributed by atoms with E-state index in [-0.39, 0.29) is 12.1 Å². The molecule has 2 atom stereocenters. The van der Waals surface area contributed by atoms with E-state index in [0.717, 1.165) is 18.4 Å². The summed E-state index contributed by atoms with van der Waals surface area (Å²) in [6.07, 6.45) is 1.84. The van der Waals surface area contributed by atoms with Crippen LogP contribution in [0.15, 0.2) is 54.6 Å². The Hall–Kier alpha value is -2.53. The number of hydrogen-bond donors (Lipinski definition) is 2. The number of nitrogens with zero attached hydrogens (tertiary/aromatic N) is 1. The van der Waals surface area contributed by atoms with Gasteiger partial charge in [0.2, 0.25) is 0 Å². The summed E-state index contributed by atoms with van der Waals surface area (Å²) in [6.45, 7) is 0.702. The second-order valence-electron chi connectivity index (χ2n) is 6.28. The average molecular weight is 340 g/mol. The topological polar surface area (TPSA) is 61.8 Å². The minimum Gasteiger partial charge on any atom is -0.495 e. The van der Waals surface area contributed by atoms with E-state index in [2.05, 4.69) is 5.32 Å². The van der Waals surface area contributed by atoms with Gasteiger partial charge >= 0.3 is 6.03 Å². The molecule has 0 aromatic heterocycles. The van der Waals surface area contributed by atoms with Gasteiger partial charge in [-0.1, -0.05) is 42.5 Å². The van der Waals surface area contributed by atoms with Gasteiger partial charge in [0.15, 0.2) is 0 Å². The lowest BCUT2D eigenvalue weighted by Gasteiger charge is -2.27. The number of urea groups is 1. The summed E-state index contributed by atoms with van der Waals surface area (Å²) in [5, 5.41) is 13.4. The molecule has 1 saturated heterocycles. The van der Waals surface area contributed by atoms with E-state index in [1.54, 1.807) is 7.11 Å². The number of methoxy groups -OCH3 is 1. The van der Waals surface area contributed by atoms with Gasteiger partial charge in [-0.25, -0.2) is 4.79 Å². The number of rotatable bonds is 5. The second kappa shape index (κ2) is 8.03. The van der Waals surface area contributed by atoms with Crippen molar-refractivity contribution < 1.29 is 14.6 Å². The van der Waals surface area contributed by atoms with Gasteiger partial charge in [-0.05, 0) is 37.0 Å². The first kappa shape index (κ1) is 17.3. The molecule has 0 aliphatic carbocycles. The Bertz CT molecular complexity index is 705. The number of para-hydroxylation sites is 2. The molecule has 2 amide bonds. The minimum absolute atomic E-state index is 0.0323. The Morgan fingerprint density at radius 3 is 2.72 bits per heavy atom. The molecule has 0 saturated carbocycles. The molecule has 2 unspecified atom stereocenters. The first-order valence-electron chi connectivity index (χ1n) is 8.62. The predicted octanol–water partition coefficient (Wildman–Crippen LogP) is 3.82. The van der Waals surface area contributed by atoms with E-state index in [4.69, 9.17) is 4.74 Å². The number of aliphatic hydroxyl groups is 1. The summed E-state index contributed by atoms with van der Waals surface area (Å²) >= 11 is 0. The van der Waals surface area contributed by atoms with Crippen molar-refractivity contribution >= 4 is 11.7 Å². The van der Waals surface area contributed by atoms with Crippen molar-refractivity contribution in [3.8, 4) is 5.75 Å². The lowest BCUT2D eigenvalue weighted by atomic mass is 10.0. The van der Waals surface area contributed by atoms with Gasteiger partial charge in [-0.2, -0.15) is 0 Å². The highest BCUT2D eigenvalue weighted by Gasteiger charge is 2.31. The number of ether oxygens (including phenoxy) is 1. The molecule has 0 radical (unpaired) electrons. The normalized spacial score (nSPS) is 18.0. The zero-order valence-electron chi connectivity index (χ0n) is 14.4. The zero-order valence-corrected chi connectivity index (χ0v) is 14.4. The van der Waals surface area contributed by atoms with Crippen LogP contribution in [0.3, 0.4) is 0 Å². The van der Waals surface area contributed by atoms with E-state index < -0.39 is 6.10 Å². The Kier molecular flexibility index (Phi) is 5.56. The van der Waals surface area contributed by atoms with Crippen molar-refractivity contribution in [2.75, 3.05) is 19.0 Å². The summed E-state index contributed by atoms with van der Waals surface area (Å²) in [7, 11) is 1.58. The highest BCUT2D eigenvalue weighted by Crippen LogP contribution is 2.29. The number of carbonyl (C=O) groups excluding carboxylic acids is 1. The number of carbonyl (C=O) groups is 1. The van der Waals surface area contributed by atoms with E-state index in [0.29, 0.717) is 24.4 Å². The summed E-state index contributed by atoms with van der Waals surface area (Å²) in [5.41, 5.74) is 1.55. The Morgan fingerprint density at radius 2 is 1.96 bits per heavy atom. The second-order valence-corrected chi connectivity index (χ2v) is 6.28. The summed E-state index contributed by atoms with van der Waals surface area (Å²) in [6, 6.07) is 16.8. The molecular weight excluding hydrogens is 316 g/mol. The highest BCUT2D eigenvalue weighted by molar-refractivity contribution is 5.91. The van der Waals surface area contributed by atoms with E-state index >= 15 is 0 Å². The molecule has 0 bridgehead atoms. The van der Waals surface area contributed by atoms with Crippen LogP contribution in [0.25, 0.3) is 0 Å². The molecule has 1 fully saturated rings. The number of amides is 2. The van der Waals surface area contributed by atoms with Gasteiger partial charge in [0.25, 0.3) is 0 Å². The summed E-state index contributed by atoms with van der Waals surface area (Å²) < 4.78 is 5.28. The molecule has 5 nitrogen and oxygen atoms in total. The lowest BCUT2D eigenvalue weighted by molar-refractivity contribution is 0.129. The third kappa shape index (κ3) is 4.12. The number of aliphatic hydroxyl groups excluding tert-OH is 1. The van der Waals surface area contributed by atoms with Crippen LogP contribution in [-0.2, 0) is 0 Å². The number of nitrogens with one attached hydrogen (secondary N) is 1. The zero-order chi connectivity index (χ0) is 17.6. The van der Waals surface area contributed by atoms with Crippen LogP contribution in [0.4, 0.5) is 10.5 Å². The van der Waals surface area contributed by atoms with Crippen LogP contribution in [-0.4, -0.2) is 35.7 Å². The van der Waals surface area contributed by atoms with Gasteiger partial charge in [0.05, 0.1) is 18.9 Å². The van der Waals surface area contributed by atoms with Crippen LogP contribution in [0.1, 0.15) is 30.9 Å². The molecule has 1 heterocycles. The Labute approximate surface area is 148 Å². The van der Waals surface area contributed by atoms with E-state index in [1.165, 1.54) is 0 Å². The molecular formula is C20H24N2O3. The first-order valence-corrected chi connectivity index (χ1v) is 8.62. The number of benzene rings is 2. The van der Waals surface area contributed by atoms with Crippen LogP contribution in [0.2, 0.25) is 0 Å². The molecule has 2 aromatic rings. The lowest BCUT2D eigenvalue weighted by Crippen LogP contribution is -2.39. The maximum atomic E-state index is 12.7. The fourth-order valence-electron chi connectivity index (χ4n) is 3.35. The average Bonchev–Trinajstić information content (AvgIpc) is 3.11. The van der Waals surface area contributed by atoms with Gasteiger partial charge in [-0.3, -0.25) is 0 Å². The molecule has 3 rings (SSSR count). The molecule has 5 heteroatoms. The van der Waals surface area contributed by atoms with Gasteiger partial charge in [-0.15, -0.1) is 0 Å². The van der Waals surface area contributed by atoms with Gasteiger partial charge in [0.1, 0.15) is 5.75 Å². The van der Waals surface area contributed by atoms with Crippen molar-refractivity contribution in [2.45, 2.75) is 31.4 Å². The van der Waals surface area contributed by atoms with Crippen LogP contribution < -0.4 is 10.1 Å². The third-order valence-electron chi connectivity index (χ3n) is 4.67. The maximum Gasteiger partial charge on any atom is 0.322 e. The predicted molar refractivity (Wildman–Crippen MR) is 97.8 cm³/mol. The Balaban J connectivity index is 1.65. The molecule has 2 aromatic carbocycles. The standard InChI is InChI=1S/C20H24N2O3/c1-25-19-12-6-5-11-17(19)21-20(24)22-13-7-10-16(22)14-18(23)15-8-3-2-4-9-15/h2-6,8-9,11-12,16,18,23H,7,10,13-14H2,1H3,(H,21,24). The Morgan fingerprint density at radius 1 is 1.24 bits per heavy atom. The van der Waals surface area contributed by atoms with Crippen LogP contribution in [0, 0.1) is 0 Å². The van der Waals surface area contributed by atoms with Crippen molar-refractivity contribution in [1.82, 2.24) is 4.90 Å². The molecule has 132 valence electrons. The SMILES string of the molecule is COc1ccccc1NC(=O)N1CCCC1CC(O)c1ccccc1. The van der Waals surface area contributed by atoms with Crippen molar-refractivity contribution in [2.24, 2.45) is 0 Å². The molecule has 25 heavy (non-hydrogen) atoms. The van der Waals surface area contributed by atoms with Crippen molar-refractivity contribution in [3.05, 3.63) is 60.2 Å². The van der Waals surface area contributed by atoms with Crippen LogP contribution in [0.5, 0.6) is 5.75 Å². The van der Waals surface area contributed by atoms with Gasteiger partial charge < -0.3 is 20.1 Å². The molecule has 0 spiro atoms. The van der Waals surface area contributed by atoms with Crippen molar-refractivity contribution in [3.63, 3.8) is 0 Å². The smallest absolute Gasteiger partial charge is 0.322 e. The molecule has 1 aliphatic rings. The van der Waals surface area contributed by atoms with E-state index in [9.17, 15) is 9.90 Å². The summed E-state index contributed by atoms with van der Waals surface area (Å²) in [4.78, 5) is 14.5.